The van der Waals surface area contributed by atoms with Crippen LogP contribution in [-0.4, -0.2) is 45.2 Å². The Morgan fingerprint density at radius 2 is 1.13 bits per heavy atom. The van der Waals surface area contributed by atoms with Crippen molar-refractivity contribution in [1.82, 2.24) is 0 Å². The minimum Gasteiger partial charge on any atom is -0.546 e. The Labute approximate surface area is 223 Å². The van der Waals surface area contributed by atoms with E-state index in [1.807, 2.05) is 0 Å². The van der Waals surface area contributed by atoms with Gasteiger partial charge in [0.25, 0.3) is 5.79 Å². The summed E-state index contributed by atoms with van der Waals surface area (Å²) < 4.78 is 20.8. The van der Waals surface area contributed by atoms with E-state index in [9.17, 15) is 24.6 Å². The molecule has 2 aromatic rings. The SMILES string of the molecule is COC(OC)(C(=O)c1ccc(OCC(=O)[O-])cc1)c1ccc(OCC(=O)[O-])cc1.[Na+].[Na+]. The predicted octanol–water partition coefficient (Wildman–Crippen LogP) is -6.72. The number of carboxylic acids is 2. The van der Waals surface area contributed by atoms with Gasteiger partial charge in [-0.05, 0) is 48.5 Å². The Morgan fingerprint density at radius 3 is 1.48 bits per heavy atom. The number of Topliss-reactive ketones (excluding diaryl/α,β-unsaturated/α-hetero) is 1. The monoisotopic (exact) mass is 448 g/mol. The molecule has 0 heterocycles. The first-order valence-corrected chi connectivity index (χ1v) is 8.33. The fourth-order valence-corrected chi connectivity index (χ4v) is 2.58. The summed E-state index contributed by atoms with van der Waals surface area (Å²) in [5.74, 6) is -4.49. The molecule has 0 unspecified atom stereocenters. The van der Waals surface area contributed by atoms with Crippen molar-refractivity contribution in [1.29, 1.82) is 0 Å². The Morgan fingerprint density at radius 1 is 0.742 bits per heavy atom. The van der Waals surface area contributed by atoms with Crippen LogP contribution < -0.4 is 78.8 Å². The number of ketones is 1. The molecular formula is C20H18Na2O9. The van der Waals surface area contributed by atoms with Crippen LogP contribution in [0.2, 0.25) is 0 Å². The maximum absolute atomic E-state index is 13.1. The minimum atomic E-state index is -1.76. The molecule has 0 aliphatic rings. The zero-order valence-electron chi connectivity index (χ0n) is 17.7. The molecule has 0 aromatic heterocycles. The molecular weight excluding hydrogens is 430 g/mol. The van der Waals surface area contributed by atoms with E-state index >= 15 is 0 Å². The summed E-state index contributed by atoms with van der Waals surface area (Å²) in [5.41, 5.74) is 0.581. The van der Waals surface area contributed by atoms with Gasteiger partial charge in [0.05, 0.1) is 11.9 Å². The molecule has 0 aliphatic heterocycles. The van der Waals surface area contributed by atoms with Crippen molar-refractivity contribution in [3.05, 3.63) is 59.7 Å². The van der Waals surface area contributed by atoms with E-state index in [1.165, 1.54) is 62.8 Å². The molecule has 11 heteroatoms. The zero-order valence-corrected chi connectivity index (χ0v) is 21.7. The van der Waals surface area contributed by atoms with Crippen LogP contribution in [0.15, 0.2) is 48.5 Å². The maximum Gasteiger partial charge on any atom is 1.00 e. The average molecular weight is 448 g/mol. The second-order valence-electron chi connectivity index (χ2n) is 5.72. The van der Waals surface area contributed by atoms with Gasteiger partial charge in [-0.15, -0.1) is 0 Å². The summed E-state index contributed by atoms with van der Waals surface area (Å²) in [7, 11) is 2.61. The van der Waals surface area contributed by atoms with Crippen molar-refractivity contribution in [3.8, 4) is 11.5 Å². The second kappa shape index (κ2) is 13.9. The van der Waals surface area contributed by atoms with Gasteiger partial charge in [-0.25, -0.2) is 0 Å². The Hall–Kier alpha value is -1.43. The fraction of sp³-hybridized carbons (Fsp3) is 0.250. The predicted molar refractivity (Wildman–Crippen MR) is 93.9 cm³/mol. The molecule has 0 fully saturated rings. The van der Waals surface area contributed by atoms with Crippen LogP contribution in [-0.2, 0) is 24.8 Å². The van der Waals surface area contributed by atoms with Crippen LogP contribution in [0.3, 0.4) is 0 Å². The van der Waals surface area contributed by atoms with Crippen molar-refractivity contribution >= 4 is 17.7 Å². The number of ether oxygens (including phenoxy) is 4. The molecule has 0 atom stereocenters. The topological polar surface area (TPSA) is 134 Å². The number of rotatable bonds is 11. The van der Waals surface area contributed by atoms with Crippen LogP contribution in [0.1, 0.15) is 15.9 Å². The minimum absolute atomic E-state index is 0. The van der Waals surface area contributed by atoms with Crippen LogP contribution in [0.5, 0.6) is 11.5 Å². The van der Waals surface area contributed by atoms with E-state index in [4.69, 9.17) is 18.9 Å². The van der Waals surface area contributed by atoms with Gasteiger partial charge in [-0.3, -0.25) is 4.79 Å². The van der Waals surface area contributed by atoms with Gasteiger partial charge in [0.2, 0.25) is 5.78 Å². The Balaban J connectivity index is 0.00000450. The van der Waals surface area contributed by atoms with Crippen LogP contribution in [0.25, 0.3) is 0 Å². The van der Waals surface area contributed by atoms with Crippen molar-refractivity contribution in [2.45, 2.75) is 5.79 Å². The summed E-state index contributed by atoms with van der Waals surface area (Å²) in [6.07, 6.45) is 0. The number of carbonyl (C=O) groups is 3. The molecule has 0 amide bonds. The quantitative estimate of drug-likeness (QED) is 0.187. The largest absolute Gasteiger partial charge is 1.00 e. The van der Waals surface area contributed by atoms with Crippen LogP contribution in [0, 0.1) is 0 Å². The first-order valence-electron chi connectivity index (χ1n) is 8.33. The first kappa shape index (κ1) is 29.6. The number of carbonyl (C=O) groups excluding carboxylic acids is 3. The third-order valence-corrected chi connectivity index (χ3v) is 3.94. The van der Waals surface area contributed by atoms with Crippen molar-refractivity contribution in [2.24, 2.45) is 0 Å². The molecule has 2 aromatic carbocycles. The van der Waals surface area contributed by atoms with Crippen molar-refractivity contribution < 1.29 is 103 Å². The standard InChI is InChI=1S/C20H20O9.2Na/c1-26-20(27-2,14-5-9-16(10-6-14)29-12-18(23)24)19(25)13-3-7-15(8-4-13)28-11-17(21)22;;/h3-10H,11-12H2,1-2H3,(H,21,22)(H,23,24);;/q;2*+1/p-2. The summed E-state index contributed by atoms with van der Waals surface area (Å²) >= 11 is 0. The third kappa shape index (κ3) is 7.89. The Bertz CT molecular complexity index is 863. The molecule has 0 bridgehead atoms. The number of benzene rings is 2. The normalized spacial score (nSPS) is 10.3. The number of carboxylic acid groups (broad SMARTS) is 2. The van der Waals surface area contributed by atoms with Crippen molar-refractivity contribution in [3.63, 3.8) is 0 Å². The van der Waals surface area contributed by atoms with Gasteiger partial charge in [0.15, 0.2) is 0 Å². The fourth-order valence-electron chi connectivity index (χ4n) is 2.58. The molecule has 0 saturated carbocycles. The van der Waals surface area contributed by atoms with E-state index in [2.05, 4.69) is 0 Å². The van der Waals surface area contributed by atoms with Crippen LogP contribution >= 0.6 is 0 Å². The summed E-state index contributed by atoms with van der Waals surface area (Å²) in [6, 6.07) is 11.7. The molecule has 154 valence electrons. The van der Waals surface area contributed by atoms with E-state index < -0.39 is 36.7 Å². The van der Waals surface area contributed by atoms with Gasteiger partial charge >= 0.3 is 59.1 Å². The molecule has 0 saturated heterocycles. The number of hydrogen-bond acceptors (Lipinski definition) is 9. The Kier molecular flexibility index (Phi) is 13.2. The van der Waals surface area contributed by atoms with Crippen LogP contribution in [0.4, 0.5) is 0 Å². The van der Waals surface area contributed by atoms with Gasteiger partial charge in [-0.1, -0.05) is 0 Å². The first-order chi connectivity index (χ1) is 13.8. The summed E-state index contributed by atoms with van der Waals surface area (Å²) in [5, 5.41) is 20.9. The second-order valence-corrected chi connectivity index (χ2v) is 5.72. The van der Waals surface area contributed by atoms with E-state index in [-0.39, 0.29) is 76.2 Å². The third-order valence-electron chi connectivity index (χ3n) is 3.94. The van der Waals surface area contributed by atoms with Gasteiger partial charge in [0.1, 0.15) is 24.7 Å². The summed E-state index contributed by atoms with van der Waals surface area (Å²) in [4.78, 5) is 34.0. The van der Waals surface area contributed by atoms with Gasteiger partial charge in [-0.2, -0.15) is 0 Å². The zero-order chi connectivity index (χ0) is 21.4. The molecule has 0 radical (unpaired) electrons. The molecule has 0 aliphatic carbocycles. The number of aliphatic carboxylic acids is 2. The van der Waals surface area contributed by atoms with E-state index in [0.29, 0.717) is 5.56 Å². The average Bonchev–Trinajstić information content (AvgIpc) is 2.73. The smallest absolute Gasteiger partial charge is 0.546 e. The maximum atomic E-state index is 13.1. The number of hydrogen-bond donors (Lipinski definition) is 0. The summed E-state index contributed by atoms with van der Waals surface area (Å²) in [6.45, 7) is -1.22. The molecule has 0 N–H and O–H groups in total. The van der Waals surface area contributed by atoms with Crippen molar-refractivity contribution in [2.75, 3.05) is 27.4 Å². The molecule has 31 heavy (non-hydrogen) atoms. The van der Waals surface area contributed by atoms with Gasteiger partial charge in [0, 0.05) is 25.3 Å². The molecule has 0 spiro atoms. The van der Waals surface area contributed by atoms with E-state index in [0.717, 1.165) is 0 Å². The van der Waals surface area contributed by atoms with E-state index in [1.54, 1.807) is 0 Å². The molecule has 9 nitrogen and oxygen atoms in total. The number of methoxy groups -OCH3 is 2. The van der Waals surface area contributed by atoms with Gasteiger partial charge < -0.3 is 38.7 Å². The molecule has 2 rings (SSSR count).